The van der Waals surface area contributed by atoms with Crippen molar-refractivity contribution >= 4 is 16.7 Å². The number of anilines is 1. The second kappa shape index (κ2) is 3.15. The second-order valence-corrected chi connectivity index (χ2v) is 4.71. The fraction of sp³-hybridized carbons (Fsp3) is 0.364. The number of benzene rings is 1. The molecule has 0 fully saturated rings. The van der Waals surface area contributed by atoms with Crippen LogP contribution in [0.5, 0.6) is 0 Å². The molecule has 0 amide bonds. The molecule has 1 heterocycles. The molecule has 0 radical (unpaired) electrons. The first kappa shape index (κ1) is 9.83. The summed E-state index contributed by atoms with van der Waals surface area (Å²) >= 11 is 0. The molecular formula is C11H15N3O. The summed E-state index contributed by atoms with van der Waals surface area (Å²) in [5, 5.41) is 3.35. The Balaban J connectivity index is 2.42. The standard InChI is InChI=1S/C11H15N3O/c1-11(2,3)14-7-4-5-8-9(6-7)13-10(15)12-8/h4-6,14H,1-3H3,(H2,12,13,15). The topological polar surface area (TPSA) is 60.7 Å². The van der Waals surface area contributed by atoms with E-state index in [4.69, 9.17) is 0 Å². The Labute approximate surface area is 87.7 Å². The lowest BCUT2D eigenvalue weighted by Gasteiger charge is -2.21. The third-order valence-electron chi connectivity index (χ3n) is 2.04. The molecule has 0 aliphatic rings. The predicted octanol–water partition coefficient (Wildman–Crippen LogP) is 2.07. The van der Waals surface area contributed by atoms with Gasteiger partial charge in [-0.15, -0.1) is 0 Å². The van der Waals surface area contributed by atoms with Crippen molar-refractivity contribution in [3.8, 4) is 0 Å². The number of imidazole rings is 1. The van der Waals surface area contributed by atoms with E-state index in [9.17, 15) is 4.79 Å². The lowest BCUT2D eigenvalue weighted by molar-refractivity contribution is 0.634. The zero-order chi connectivity index (χ0) is 11.1. The molecule has 0 saturated heterocycles. The molecule has 0 unspecified atom stereocenters. The van der Waals surface area contributed by atoms with Gasteiger partial charge in [0, 0.05) is 11.2 Å². The van der Waals surface area contributed by atoms with Crippen molar-refractivity contribution < 1.29 is 0 Å². The summed E-state index contributed by atoms with van der Waals surface area (Å²) < 4.78 is 0. The highest BCUT2D eigenvalue weighted by atomic mass is 16.1. The molecule has 0 spiro atoms. The Bertz CT molecular complexity index is 530. The summed E-state index contributed by atoms with van der Waals surface area (Å²) in [5.74, 6) is 0. The maximum atomic E-state index is 11.1. The molecule has 3 N–H and O–H groups in total. The van der Waals surface area contributed by atoms with Crippen molar-refractivity contribution in [2.75, 3.05) is 5.32 Å². The average Bonchev–Trinajstić information content (AvgIpc) is 2.40. The van der Waals surface area contributed by atoms with Crippen LogP contribution in [0.1, 0.15) is 20.8 Å². The van der Waals surface area contributed by atoms with Gasteiger partial charge in [0.15, 0.2) is 0 Å². The Morgan fingerprint density at radius 1 is 1.13 bits per heavy atom. The maximum Gasteiger partial charge on any atom is 0.323 e. The van der Waals surface area contributed by atoms with Crippen LogP contribution in [0.3, 0.4) is 0 Å². The molecular weight excluding hydrogens is 190 g/mol. The molecule has 0 bridgehead atoms. The SMILES string of the molecule is CC(C)(C)Nc1ccc2[nH]c(=O)[nH]c2c1. The van der Waals surface area contributed by atoms with Crippen LogP contribution in [0, 0.1) is 0 Å². The predicted molar refractivity (Wildman–Crippen MR) is 62.3 cm³/mol. The van der Waals surface area contributed by atoms with Gasteiger partial charge >= 0.3 is 5.69 Å². The Morgan fingerprint density at radius 3 is 2.47 bits per heavy atom. The Hall–Kier alpha value is -1.71. The minimum Gasteiger partial charge on any atom is -0.380 e. The van der Waals surface area contributed by atoms with Crippen molar-refractivity contribution in [1.29, 1.82) is 0 Å². The summed E-state index contributed by atoms with van der Waals surface area (Å²) in [6, 6.07) is 5.77. The summed E-state index contributed by atoms with van der Waals surface area (Å²) in [5.41, 5.74) is 2.52. The van der Waals surface area contributed by atoms with Gasteiger partial charge in [-0.2, -0.15) is 0 Å². The number of fused-ring (bicyclic) bond motifs is 1. The quantitative estimate of drug-likeness (QED) is 0.667. The first-order valence-electron chi connectivity index (χ1n) is 4.94. The van der Waals surface area contributed by atoms with E-state index in [0.29, 0.717) is 0 Å². The van der Waals surface area contributed by atoms with Crippen LogP contribution < -0.4 is 11.0 Å². The largest absolute Gasteiger partial charge is 0.380 e. The molecule has 0 atom stereocenters. The molecule has 80 valence electrons. The van der Waals surface area contributed by atoms with Crippen LogP contribution in [0.2, 0.25) is 0 Å². The number of hydrogen-bond donors (Lipinski definition) is 3. The summed E-state index contributed by atoms with van der Waals surface area (Å²) in [6.45, 7) is 6.28. The zero-order valence-electron chi connectivity index (χ0n) is 9.14. The molecule has 2 rings (SSSR count). The molecule has 0 aliphatic carbocycles. The molecule has 1 aromatic carbocycles. The molecule has 4 nitrogen and oxygen atoms in total. The first-order chi connectivity index (χ1) is 6.94. The fourth-order valence-electron chi connectivity index (χ4n) is 1.54. The monoisotopic (exact) mass is 205 g/mol. The third kappa shape index (κ3) is 2.21. The van der Waals surface area contributed by atoms with E-state index in [0.717, 1.165) is 16.7 Å². The lowest BCUT2D eigenvalue weighted by atomic mass is 10.1. The summed E-state index contributed by atoms with van der Waals surface area (Å²) in [6.07, 6.45) is 0. The van der Waals surface area contributed by atoms with Gasteiger partial charge in [-0.05, 0) is 39.0 Å². The molecule has 0 aliphatic heterocycles. The van der Waals surface area contributed by atoms with E-state index in [2.05, 4.69) is 36.1 Å². The van der Waals surface area contributed by atoms with Crippen LogP contribution in [0.4, 0.5) is 5.69 Å². The smallest absolute Gasteiger partial charge is 0.323 e. The molecule has 1 aromatic heterocycles. The van der Waals surface area contributed by atoms with Crippen molar-refractivity contribution in [1.82, 2.24) is 9.97 Å². The van der Waals surface area contributed by atoms with E-state index in [1.165, 1.54) is 0 Å². The number of rotatable bonds is 1. The normalized spacial score (nSPS) is 11.9. The number of H-pyrrole nitrogens is 2. The van der Waals surface area contributed by atoms with Crippen LogP contribution in [0.15, 0.2) is 23.0 Å². The molecule has 0 saturated carbocycles. The van der Waals surface area contributed by atoms with E-state index >= 15 is 0 Å². The Kier molecular flexibility index (Phi) is 2.07. The highest BCUT2D eigenvalue weighted by molar-refractivity contribution is 5.78. The van der Waals surface area contributed by atoms with Crippen LogP contribution in [-0.2, 0) is 0 Å². The minimum absolute atomic E-state index is 0.0181. The molecule has 15 heavy (non-hydrogen) atoms. The third-order valence-corrected chi connectivity index (χ3v) is 2.04. The van der Waals surface area contributed by atoms with Gasteiger partial charge in [-0.1, -0.05) is 0 Å². The minimum atomic E-state index is -0.169. The number of aromatic amines is 2. The maximum absolute atomic E-state index is 11.1. The lowest BCUT2D eigenvalue weighted by Crippen LogP contribution is -2.25. The van der Waals surface area contributed by atoms with Crippen LogP contribution >= 0.6 is 0 Å². The van der Waals surface area contributed by atoms with Gasteiger partial charge in [-0.25, -0.2) is 4.79 Å². The van der Waals surface area contributed by atoms with Crippen molar-refractivity contribution in [2.45, 2.75) is 26.3 Å². The average molecular weight is 205 g/mol. The number of aromatic nitrogens is 2. The van der Waals surface area contributed by atoms with E-state index < -0.39 is 0 Å². The highest BCUT2D eigenvalue weighted by Crippen LogP contribution is 2.18. The Morgan fingerprint density at radius 2 is 1.80 bits per heavy atom. The second-order valence-electron chi connectivity index (χ2n) is 4.71. The number of nitrogens with one attached hydrogen (secondary N) is 3. The van der Waals surface area contributed by atoms with Gasteiger partial charge in [0.1, 0.15) is 0 Å². The van der Waals surface area contributed by atoms with E-state index in [-0.39, 0.29) is 11.2 Å². The summed E-state index contributed by atoms with van der Waals surface area (Å²) in [4.78, 5) is 16.5. The zero-order valence-corrected chi connectivity index (χ0v) is 9.14. The van der Waals surface area contributed by atoms with Crippen LogP contribution in [-0.4, -0.2) is 15.5 Å². The van der Waals surface area contributed by atoms with Gasteiger partial charge in [0.05, 0.1) is 11.0 Å². The van der Waals surface area contributed by atoms with Gasteiger partial charge in [-0.3, -0.25) is 0 Å². The molecule has 4 heteroatoms. The van der Waals surface area contributed by atoms with Crippen molar-refractivity contribution in [3.05, 3.63) is 28.7 Å². The van der Waals surface area contributed by atoms with E-state index in [1.54, 1.807) is 0 Å². The summed E-state index contributed by atoms with van der Waals surface area (Å²) in [7, 11) is 0. The fourth-order valence-corrected chi connectivity index (χ4v) is 1.54. The van der Waals surface area contributed by atoms with Crippen molar-refractivity contribution in [2.24, 2.45) is 0 Å². The van der Waals surface area contributed by atoms with Crippen LogP contribution in [0.25, 0.3) is 11.0 Å². The van der Waals surface area contributed by atoms with Gasteiger partial charge in [0.2, 0.25) is 0 Å². The van der Waals surface area contributed by atoms with Gasteiger partial charge in [0.25, 0.3) is 0 Å². The molecule has 2 aromatic rings. The van der Waals surface area contributed by atoms with Gasteiger partial charge < -0.3 is 15.3 Å². The van der Waals surface area contributed by atoms with E-state index in [1.807, 2.05) is 18.2 Å². The first-order valence-corrected chi connectivity index (χ1v) is 4.94. The van der Waals surface area contributed by atoms with Crippen molar-refractivity contribution in [3.63, 3.8) is 0 Å². The number of hydrogen-bond acceptors (Lipinski definition) is 2. The highest BCUT2D eigenvalue weighted by Gasteiger charge is 2.09.